The lowest BCUT2D eigenvalue weighted by Crippen LogP contribution is -2.01. The number of nitrogens with two attached hydrogens (primary N) is 1. The fourth-order valence-electron chi connectivity index (χ4n) is 1.65. The van der Waals surface area contributed by atoms with Crippen molar-refractivity contribution in [3.8, 4) is 22.8 Å². The third-order valence-corrected chi connectivity index (χ3v) is 2.45. The molecule has 1 heterocycles. The van der Waals surface area contributed by atoms with Crippen LogP contribution in [0.5, 0.6) is 11.5 Å². The zero-order valence-electron chi connectivity index (χ0n) is 9.98. The van der Waals surface area contributed by atoms with Crippen molar-refractivity contribution >= 4 is 5.82 Å². The summed E-state index contributed by atoms with van der Waals surface area (Å²) in [7, 11) is 2.94. The molecule has 0 amide bonds. The molecule has 0 aliphatic heterocycles. The van der Waals surface area contributed by atoms with E-state index in [4.69, 9.17) is 15.2 Å². The van der Waals surface area contributed by atoms with E-state index in [1.165, 1.54) is 38.7 Å². The number of nitrogens with zero attached hydrogens (tertiary/aromatic N) is 2. The van der Waals surface area contributed by atoms with E-state index < -0.39 is 5.82 Å². The van der Waals surface area contributed by atoms with Gasteiger partial charge in [-0.2, -0.15) is 0 Å². The van der Waals surface area contributed by atoms with Gasteiger partial charge < -0.3 is 15.2 Å². The first-order chi connectivity index (χ1) is 8.67. The quantitative estimate of drug-likeness (QED) is 0.899. The van der Waals surface area contributed by atoms with E-state index >= 15 is 0 Å². The molecule has 0 aliphatic rings. The fourth-order valence-corrected chi connectivity index (χ4v) is 1.65. The SMILES string of the molecule is COc1ccc(F)cc1-c1ncnc(N)c1OC. The molecule has 0 fully saturated rings. The van der Waals surface area contributed by atoms with E-state index in [0.29, 0.717) is 22.8 Å². The van der Waals surface area contributed by atoms with Crippen LogP contribution in [0.1, 0.15) is 0 Å². The van der Waals surface area contributed by atoms with Gasteiger partial charge in [-0.15, -0.1) is 0 Å². The lowest BCUT2D eigenvalue weighted by atomic mass is 10.1. The maximum atomic E-state index is 13.3. The standard InChI is InChI=1S/C12H12FN3O2/c1-17-9-4-3-7(13)5-8(9)10-11(18-2)12(14)16-6-15-10/h3-6H,1-2H3,(H2,14,15,16). The molecule has 0 atom stereocenters. The van der Waals surface area contributed by atoms with Gasteiger partial charge in [0.15, 0.2) is 11.6 Å². The van der Waals surface area contributed by atoms with E-state index in [-0.39, 0.29) is 5.82 Å². The normalized spacial score (nSPS) is 10.2. The Balaban J connectivity index is 2.68. The molecule has 2 aromatic rings. The van der Waals surface area contributed by atoms with Crippen molar-refractivity contribution in [1.29, 1.82) is 0 Å². The Hall–Kier alpha value is -2.37. The van der Waals surface area contributed by atoms with Crippen LogP contribution in [-0.2, 0) is 0 Å². The number of anilines is 1. The molecule has 94 valence electrons. The van der Waals surface area contributed by atoms with Gasteiger partial charge in [-0.3, -0.25) is 0 Å². The van der Waals surface area contributed by atoms with Crippen LogP contribution in [0.2, 0.25) is 0 Å². The van der Waals surface area contributed by atoms with E-state index in [0.717, 1.165) is 0 Å². The number of hydrogen-bond acceptors (Lipinski definition) is 5. The van der Waals surface area contributed by atoms with Crippen molar-refractivity contribution in [2.24, 2.45) is 0 Å². The molecule has 0 aliphatic carbocycles. The predicted octanol–water partition coefficient (Wildman–Crippen LogP) is 1.88. The Morgan fingerprint density at radius 1 is 1.17 bits per heavy atom. The van der Waals surface area contributed by atoms with Gasteiger partial charge in [-0.25, -0.2) is 14.4 Å². The summed E-state index contributed by atoms with van der Waals surface area (Å²) in [6.45, 7) is 0. The minimum Gasteiger partial charge on any atom is -0.496 e. The molecule has 18 heavy (non-hydrogen) atoms. The zero-order valence-corrected chi connectivity index (χ0v) is 9.98. The number of halogens is 1. The van der Waals surface area contributed by atoms with Gasteiger partial charge in [-0.1, -0.05) is 0 Å². The first-order valence-corrected chi connectivity index (χ1v) is 5.15. The van der Waals surface area contributed by atoms with Crippen LogP contribution in [0.3, 0.4) is 0 Å². The molecule has 1 aromatic heterocycles. The molecule has 2 rings (SSSR count). The first-order valence-electron chi connectivity index (χ1n) is 5.15. The average molecular weight is 249 g/mol. The van der Waals surface area contributed by atoms with Gasteiger partial charge in [-0.05, 0) is 18.2 Å². The van der Waals surface area contributed by atoms with Crippen LogP contribution < -0.4 is 15.2 Å². The number of aromatic nitrogens is 2. The summed E-state index contributed by atoms with van der Waals surface area (Å²) in [6.07, 6.45) is 1.29. The molecule has 0 unspecified atom stereocenters. The third kappa shape index (κ3) is 2.04. The Labute approximate surface area is 103 Å². The van der Waals surface area contributed by atoms with Gasteiger partial charge in [0.1, 0.15) is 23.6 Å². The van der Waals surface area contributed by atoms with Crippen molar-refractivity contribution < 1.29 is 13.9 Å². The van der Waals surface area contributed by atoms with E-state index in [1.807, 2.05) is 0 Å². The van der Waals surface area contributed by atoms with Gasteiger partial charge in [0.2, 0.25) is 0 Å². The van der Waals surface area contributed by atoms with Crippen LogP contribution in [0.25, 0.3) is 11.3 Å². The van der Waals surface area contributed by atoms with Gasteiger partial charge in [0, 0.05) is 5.56 Å². The number of benzene rings is 1. The van der Waals surface area contributed by atoms with Crippen LogP contribution in [0.4, 0.5) is 10.2 Å². The van der Waals surface area contributed by atoms with Crippen molar-refractivity contribution in [3.05, 3.63) is 30.3 Å². The van der Waals surface area contributed by atoms with Crippen LogP contribution >= 0.6 is 0 Å². The molecule has 0 spiro atoms. The largest absolute Gasteiger partial charge is 0.496 e. The number of rotatable bonds is 3. The Morgan fingerprint density at radius 2 is 1.94 bits per heavy atom. The molecule has 0 saturated heterocycles. The number of hydrogen-bond donors (Lipinski definition) is 1. The molecular weight excluding hydrogens is 237 g/mol. The van der Waals surface area contributed by atoms with Crippen molar-refractivity contribution in [2.45, 2.75) is 0 Å². The monoisotopic (exact) mass is 249 g/mol. The Kier molecular flexibility index (Phi) is 3.27. The second kappa shape index (κ2) is 4.87. The van der Waals surface area contributed by atoms with E-state index in [2.05, 4.69) is 9.97 Å². The Morgan fingerprint density at radius 3 is 2.61 bits per heavy atom. The highest BCUT2D eigenvalue weighted by Gasteiger charge is 2.16. The second-order valence-corrected chi connectivity index (χ2v) is 3.49. The summed E-state index contributed by atoms with van der Waals surface area (Å²) in [6, 6.07) is 4.13. The molecule has 0 radical (unpaired) electrons. The fraction of sp³-hybridized carbons (Fsp3) is 0.167. The average Bonchev–Trinajstić information content (AvgIpc) is 2.38. The summed E-state index contributed by atoms with van der Waals surface area (Å²) in [5.41, 5.74) is 6.54. The minimum absolute atomic E-state index is 0.189. The first kappa shape index (κ1) is 12.1. The number of methoxy groups -OCH3 is 2. The summed E-state index contributed by atoms with van der Waals surface area (Å²) in [5.74, 6) is 0.563. The minimum atomic E-state index is -0.398. The lowest BCUT2D eigenvalue weighted by Gasteiger charge is -2.12. The van der Waals surface area contributed by atoms with Crippen LogP contribution in [-0.4, -0.2) is 24.2 Å². The highest BCUT2D eigenvalue weighted by molar-refractivity contribution is 5.76. The van der Waals surface area contributed by atoms with Gasteiger partial charge in [0.25, 0.3) is 0 Å². The lowest BCUT2D eigenvalue weighted by molar-refractivity contribution is 0.408. The molecule has 5 nitrogen and oxygen atoms in total. The summed E-state index contributed by atoms with van der Waals surface area (Å²) in [4.78, 5) is 7.89. The maximum Gasteiger partial charge on any atom is 0.187 e. The Bertz CT molecular complexity index is 575. The van der Waals surface area contributed by atoms with Gasteiger partial charge in [0.05, 0.1) is 14.2 Å². The molecule has 1 aromatic carbocycles. The zero-order chi connectivity index (χ0) is 13.1. The predicted molar refractivity (Wildman–Crippen MR) is 64.9 cm³/mol. The highest BCUT2D eigenvalue weighted by Crippen LogP contribution is 2.36. The molecule has 2 N–H and O–H groups in total. The topological polar surface area (TPSA) is 70.3 Å². The highest BCUT2D eigenvalue weighted by atomic mass is 19.1. The van der Waals surface area contributed by atoms with Crippen LogP contribution in [0.15, 0.2) is 24.5 Å². The summed E-state index contributed by atoms with van der Waals surface area (Å²) < 4.78 is 23.6. The number of nitrogen functional groups attached to an aromatic ring is 1. The smallest absolute Gasteiger partial charge is 0.187 e. The van der Waals surface area contributed by atoms with Gasteiger partial charge >= 0.3 is 0 Å². The van der Waals surface area contributed by atoms with E-state index in [1.54, 1.807) is 0 Å². The van der Waals surface area contributed by atoms with Crippen molar-refractivity contribution in [2.75, 3.05) is 20.0 Å². The number of ether oxygens (including phenoxy) is 2. The maximum absolute atomic E-state index is 13.3. The van der Waals surface area contributed by atoms with E-state index in [9.17, 15) is 4.39 Å². The van der Waals surface area contributed by atoms with Crippen LogP contribution in [0, 0.1) is 5.82 Å². The summed E-state index contributed by atoms with van der Waals surface area (Å²) >= 11 is 0. The summed E-state index contributed by atoms with van der Waals surface area (Å²) in [5, 5.41) is 0. The molecule has 0 saturated carbocycles. The molecule has 6 heteroatoms. The second-order valence-electron chi connectivity index (χ2n) is 3.49. The molecule has 0 bridgehead atoms. The molecular formula is C12H12FN3O2. The third-order valence-electron chi connectivity index (χ3n) is 2.45. The van der Waals surface area contributed by atoms with Crippen molar-refractivity contribution in [3.63, 3.8) is 0 Å². The van der Waals surface area contributed by atoms with Crippen molar-refractivity contribution in [1.82, 2.24) is 9.97 Å².